The third-order valence-electron chi connectivity index (χ3n) is 2.43. The Hall–Kier alpha value is -0.290. The van der Waals surface area contributed by atoms with Gasteiger partial charge in [-0.3, -0.25) is 0 Å². The van der Waals surface area contributed by atoms with Gasteiger partial charge in [0.05, 0.1) is 6.61 Å². The van der Waals surface area contributed by atoms with Crippen LogP contribution < -0.4 is 5.32 Å². The first-order chi connectivity index (χ1) is 6.02. The van der Waals surface area contributed by atoms with Gasteiger partial charge in [0.1, 0.15) is 5.41 Å². The Bertz CT molecular complexity index is 163. The minimum absolute atomic E-state index is 0.0174. The van der Waals surface area contributed by atoms with Crippen LogP contribution in [0.25, 0.3) is 0 Å². The maximum Gasteiger partial charge on any atom is 0.397 e. The van der Waals surface area contributed by atoms with Crippen molar-refractivity contribution < 1.29 is 17.9 Å². The van der Waals surface area contributed by atoms with Crippen LogP contribution in [0, 0.1) is 5.41 Å². The van der Waals surface area contributed by atoms with E-state index in [9.17, 15) is 13.2 Å². The average Bonchev–Trinajstić information content (AvgIpc) is 2.48. The van der Waals surface area contributed by atoms with Crippen molar-refractivity contribution in [2.75, 3.05) is 26.3 Å². The van der Waals surface area contributed by atoms with Gasteiger partial charge in [0.2, 0.25) is 0 Å². The zero-order chi connectivity index (χ0) is 9.95. The highest BCUT2D eigenvalue weighted by molar-refractivity contribution is 4.93. The first kappa shape index (κ1) is 10.8. The maximum absolute atomic E-state index is 12.6. The Labute approximate surface area is 75.4 Å². The van der Waals surface area contributed by atoms with Gasteiger partial charge in [-0.05, 0) is 19.9 Å². The van der Waals surface area contributed by atoms with Crippen molar-refractivity contribution >= 4 is 0 Å². The summed E-state index contributed by atoms with van der Waals surface area (Å²) >= 11 is 0. The van der Waals surface area contributed by atoms with Crippen LogP contribution in [0.5, 0.6) is 0 Å². The van der Waals surface area contributed by atoms with Crippen molar-refractivity contribution in [1.82, 2.24) is 5.32 Å². The fourth-order valence-corrected chi connectivity index (χ4v) is 1.49. The second-order valence-corrected chi connectivity index (χ2v) is 3.34. The molecular weight excluding hydrogens is 183 g/mol. The van der Waals surface area contributed by atoms with E-state index in [1.807, 2.05) is 0 Å². The predicted octanol–water partition coefficient (Wildman–Crippen LogP) is 1.56. The van der Waals surface area contributed by atoms with E-state index in [1.165, 1.54) is 0 Å². The smallest absolute Gasteiger partial charge is 0.381 e. The summed E-state index contributed by atoms with van der Waals surface area (Å²) in [5, 5.41) is 2.73. The Morgan fingerprint density at radius 1 is 1.46 bits per heavy atom. The molecule has 1 N–H and O–H groups in total. The minimum Gasteiger partial charge on any atom is -0.381 e. The van der Waals surface area contributed by atoms with Crippen LogP contribution >= 0.6 is 0 Å². The van der Waals surface area contributed by atoms with Gasteiger partial charge in [0.15, 0.2) is 0 Å². The fraction of sp³-hybridized carbons (Fsp3) is 1.00. The van der Waals surface area contributed by atoms with Crippen LogP contribution in [0.3, 0.4) is 0 Å². The molecule has 5 heteroatoms. The molecule has 1 rings (SSSR count). The maximum atomic E-state index is 12.6. The average molecular weight is 197 g/mol. The van der Waals surface area contributed by atoms with E-state index in [0.29, 0.717) is 13.2 Å². The van der Waals surface area contributed by atoms with Crippen LogP contribution in [0.4, 0.5) is 13.2 Å². The van der Waals surface area contributed by atoms with Crippen LogP contribution in [0.1, 0.15) is 13.3 Å². The normalized spacial score (nSPS) is 29.5. The molecule has 1 fully saturated rings. The Morgan fingerprint density at radius 2 is 2.15 bits per heavy atom. The monoisotopic (exact) mass is 197 g/mol. The molecule has 0 aliphatic carbocycles. The van der Waals surface area contributed by atoms with Crippen molar-refractivity contribution in [2.45, 2.75) is 19.5 Å². The highest BCUT2D eigenvalue weighted by Crippen LogP contribution is 2.42. The second-order valence-electron chi connectivity index (χ2n) is 3.34. The molecule has 0 radical (unpaired) electrons. The highest BCUT2D eigenvalue weighted by atomic mass is 19.4. The molecule has 1 aliphatic rings. The number of hydrogen-bond donors (Lipinski definition) is 1. The van der Waals surface area contributed by atoms with Crippen molar-refractivity contribution in [3.63, 3.8) is 0 Å². The van der Waals surface area contributed by atoms with Gasteiger partial charge >= 0.3 is 6.18 Å². The number of alkyl halides is 3. The molecule has 78 valence electrons. The molecule has 1 atom stereocenters. The summed E-state index contributed by atoms with van der Waals surface area (Å²) in [5.74, 6) is 0. The number of hydrogen-bond acceptors (Lipinski definition) is 2. The predicted molar refractivity (Wildman–Crippen MR) is 42.5 cm³/mol. The summed E-state index contributed by atoms with van der Waals surface area (Å²) in [4.78, 5) is 0. The van der Waals surface area contributed by atoms with Gasteiger partial charge in [-0.25, -0.2) is 0 Å². The summed E-state index contributed by atoms with van der Waals surface area (Å²) in [7, 11) is 0. The highest BCUT2D eigenvalue weighted by Gasteiger charge is 2.56. The summed E-state index contributed by atoms with van der Waals surface area (Å²) in [6.45, 7) is 2.22. The lowest BCUT2D eigenvalue weighted by atomic mass is 9.87. The first-order valence-corrected chi connectivity index (χ1v) is 4.37. The molecule has 1 heterocycles. The molecule has 2 nitrogen and oxygen atoms in total. The van der Waals surface area contributed by atoms with Crippen LogP contribution in [-0.4, -0.2) is 32.5 Å². The Morgan fingerprint density at radius 3 is 2.54 bits per heavy atom. The van der Waals surface area contributed by atoms with E-state index in [1.54, 1.807) is 6.92 Å². The van der Waals surface area contributed by atoms with Crippen LogP contribution in [0.2, 0.25) is 0 Å². The van der Waals surface area contributed by atoms with Crippen LogP contribution in [0.15, 0.2) is 0 Å². The third kappa shape index (κ3) is 2.14. The molecule has 0 saturated carbocycles. The molecule has 0 aromatic carbocycles. The lowest BCUT2D eigenvalue weighted by Crippen LogP contribution is -2.43. The molecule has 0 spiro atoms. The van der Waals surface area contributed by atoms with Gasteiger partial charge in [-0.15, -0.1) is 0 Å². The standard InChI is InChI=1S/C8H14F3NO/c1-2-13-6-7(8(9,10)11)3-4-12-5-7/h12H,2-6H2,1H3. The largest absolute Gasteiger partial charge is 0.397 e. The van der Waals surface area contributed by atoms with Crippen molar-refractivity contribution in [2.24, 2.45) is 5.41 Å². The summed E-state index contributed by atoms with van der Waals surface area (Å²) in [6, 6.07) is 0. The fourth-order valence-electron chi connectivity index (χ4n) is 1.49. The van der Waals surface area contributed by atoms with E-state index in [4.69, 9.17) is 4.74 Å². The first-order valence-electron chi connectivity index (χ1n) is 4.37. The van der Waals surface area contributed by atoms with Crippen molar-refractivity contribution in [3.05, 3.63) is 0 Å². The molecular formula is C8H14F3NO. The van der Waals surface area contributed by atoms with Crippen molar-refractivity contribution in [1.29, 1.82) is 0 Å². The quantitative estimate of drug-likeness (QED) is 0.741. The van der Waals surface area contributed by atoms with Gasteiger partial charge in [-0.2, -0.15) is 13.2 Å². The van der Waals surface area contributed by atoms with E-state index in [2.05, 4.69) is 5.32 Å². The lowest BCUT2D eigenvalue weighted by molar-refractivity contribution is -0.232. The van der Waals surface area contributed by atoms with E-state index < -0.39 is 11.6 Å². The Balaban J connectivity index is 2.64. The summed E-state index contributed by atoms with van der Waals surface area (Å²) in [6.07, 6.45) is -4.04. The zero-order valence-corrected chi connectivity index (χ0v) is 7.58. The van der Waals surface area contributed by atoms with Crippen molar-refractivity contribution in [3.8, 4) is 0 Å². The molecule has 0 aromatic heterocycles. The van der Waals surface area contributed by atoms with E-state index in [0.717, 1.165) is 0 Å². The summed E-state index contributed by atoms with van der Waals surface area (Å²) in [5.41, 5.74) is -1.65. The number of halogens is 3. The summed E-state index contributed by atoms with van der Waals surface area (Å²) < 4.78 is 42.7. The number of rotatable bonds is 3. The van der Waals surface area contributed by atoms with E-state index in [-0.39, 0.29) is 19.6 Å². The number of ether oxygens (including phenoxy) is 1. The molecule has 0 bridgehead atoms. The van der Waals surface area contributed by atoms with Crippen LogP contribution in [-0.2, 0) is 4.74 Å². The second kappa shape index (κ2) is 3.84. The van der Waals surface area contributed by atoms with Gasteiger partial charge in [0, 0.05) is 13.2 Å². The number of nitrogens with one attached hydrogen (secondary N) is 1. The topological polar surface area (TPSA) is 21.3 Å². The molecule has 0 aromatic rings. The molecule has 1 unspecified atom stereocenters. The minimum atomic E-state index is -4.16. The van der Waals surface area contributed by atoms with E-state index >= 15 is 0 Å². The van der Waals surface area contributed by atoms with Gasteiger partial charge in [0.25, 0.3) is 0 Å². The Kier molecular flexibility index (Phi) is 3.18. The zero-order valence-electron chi connectivity index (χ0n) is 7.58. The molecule has 0 amide bonds. The molecule has 1 aliphatic heterocycles. The van der Waals surface area contributed by atoms with Gasteiger partial charge < -0.3 is 10.1 Å². The van der Waals surface area contributed by atoms with Gasteiger partial charge in [-0.1, -0.05) is 0 Å². The molecule has 1 saturated heterocycles. The molecule has 13 heavy (non-hydrogen) atoms. The lowest BCUT2D eigenvalue weighted by Gasteiger charge is -2.30. The third-order valence-corrected chi connectivity index (χ3v) is 2.43. The SMILES string of the molecule is CCOCC1(C(F)(F)F)CCNC1.